The lowest BCUT2D eigenvalue weighted by atomic mass is 10.1. The van der Waals surface area contributed by atoms with E-state index in [2.05, 4.69) is 34.3 Å². The molecule has 0 aliphatic heterocycles. The molecule has 1 N–H and O–H groups in total. The van der Waals surface area contributed by atoms with Gasteiger partial charge in [-0.15, -0.1) is 0 Å². The number of hydrogen-bond donors (Lipinski definition) is 1. The first kappa shape index (κ1) is 23.3. The van der Waals surface area contributed by atoms with Crippen LogP contribution in [-0.4, -0.2) is 15.9 Å². The summed E-state index contributed by atoms with van der Waals surface area (Å²) in [5, 5.41) is 3.93. The molecule has 33 heavy (non-hydrogen) atoms. The molecular formula is C25H19ClFN3OS2. The van der Waals surface area contributed by atoms with Gasteiger partial charge in [0, 0.05) is 27.6 Å². The first-order chi connectivity index (χ1) is 16.0. The number of carbonyl (C=O) groups is 1. The lowest BCUT2D eigenvalue weighted by Crippen LogP contribution is -2.16. The second-order valence-corrected chi connectivity index (χ2v) is 9.59. The van der Waals surface area contributed by atoms with Gasteiger partial charge in [-0.1, -0.05) is 59.4 Å². The minimum absolute atomic E-state index is 0.251. The number of nitrogens with zero attached hydrogens (tertiary/aromatic N) is 2. The quantitative estimate of drug-likeness (QED) is 0.216. The van der Waals surface area contributed by atoms with E-state index in [1.54, 1.807) is 18.3 Å². The van der Waals surface area contributed by atoms with Crippen molar-refractivity contribution in [1.82, 2.24) is 9.97 Å². The summed E-state index contributed by atoms with van der Waals surface area (Å²) >= 11 is 8.83. The van der Waals surface area contributed by atoms with E-state index in [4.69, 9.17) is 11.6 Å². The fourth-order valence-electron chi connectivity index (χ4n) is 2.93. The van der Waals surface area contributed by atoms with Crippen LogP contribution in [0.4, 0.5) is 10.1 Å². The lowest BCUT2D eigenvalue weighted by molar-refractivity contribution is 0.101. The second kappa shape index (κ2) is 10.8. The average molecular weight is 496 g/mol. The third-order valence-electron chi connectivity index (χ3n) is 4.71. The predicted octanol–water partition coefficient (Wildman–Crippen LogP) is 7.27. The summed E-state index contributed by atoms with van der Waals surface area (Å²) in [6.07, 6.45) is 1.66. The highest BCUT2D eigenvalue weighted by molar-refractivity contribution is 7.99. The molecule has 1 amide bonds. The molecule has 8 heteroatoms. The Morgan fingerprint density at radius 1 is 1.03 bits per heavy atom. The molecule has 0 atom stereocenters. The molecule has 1 heterocycles. The van der Waals surface area contributed by atoms with Crippen LogP contribution in [0.3, 0.4) is 0 Å². The number of hydrogen-bond acceptors (Lipinski definition) is 5. The fraction of sp³-hybridized carbons (Fsp3) is 0.0800. The minimum atomic E-state index is -0.391. The molecule has 4 aromatic rings. The van der Waals surface area contributed by atoms with Crippen LogP contribution in [0.25, 0.3) is 0 Å². The number of anilines is 1. The molecule has 0 aliphatic rings. The van der Waals surface area contributed by atoms with E-state index in [1.807, 2.05) is 24.3 Å². The van der Waals surface area contributed by atoms with E-state index < -0.39 is 5.91 Å². The number of benzene rings is 3. The van der Waals surface area contributed by atoms with Crippen molar-refractivity contribution in [3.05, 3.63) is 107 Å². The van der Waals surface area contributed by atoms with Crippen LogP contribution in [0.2, 0.25) is 5.02 Å². The number of aromatic nitrogens is 2. The normalized spacial score (nSPS) is 10.8. The van der Waals surface area contributed by atoms with Crippen LogP contribution in [0.15, 0.2) is 93.9 Å². The zero-order valence-electron chi connectivity index (χ0n) is 17.6. The third-order valence-corrected chi connectivity index (χ3v) is 6.90. The van der Waals surface area contributed by atoms with E-state index in [-0.39, 0.29) is 11.5 Å². The smallest absolute Gasteiger partial charge is 0.275 e. The van der Waals surface area contributed by atoms with Crippen LogP contribution in [-0.2, 0) is 5.75 Å². The Hall–Kier alpha value is -2.87. The van der Waals surface area contributed by atoms with E-state index >= 15 is 0 Å². The van der Waals surface area contributed by atoms with Crippen molar-refractivity contribution in [1.29, 1.82) is 0 Å². The molecule has 0 radical (unpaired) electrons. The minimum Gasteiger partial charge on any atom is -0.321 e. The number of carbonyl (C=O) groups excluding carboxylic acids is 1. The predicted molar refractivity (Wildman–Crippen MR) is 133 cm³/mol. The highest BCUT2D eigenvalue weighted by Crippen LogP contribution is 2.32. The van der Waals surface area contributed by atoms with Crippen molar-refractivity contribution in [3.63, 3.8) is 0 Å². The number of aryl methyl sites for hydroxylation is 1. The van der Waals surface area contributed by atoms with Gasteiger partial charge in [-0.05, 0) is 66.6 Å². The van der Waals surface area contributed by atoms with Crippen molar-refractivity contribution >= 4 is 46.7 Å². The summed E-state index contributed by atoms with van der Waals surface area (Å²) in [7, 11) is 0. The largest absolute Gasteiger partial charge is 0.321 e. The monoisotopic (exact) mass is 495 g/mol. The molecule has 4 nitrogen and oxygen atoms in total. The molecule has 166 valence electrons. The zero-order valence-corrected chi connectivity index (χ0v) is 20.0. The molecule has 1 aromatic heterocycles. The summed E-state index contributed by atoms with van der Waals surface area (Å²) in [5.74, 6) is -0.0721. The standard InChI is InChI=1S/C25H19ClFN3OS2/c1-16-4-2-3-5-17(16)15-32-25-28-14-22(33-21-12-6-18(26)7-13-21)23(30-25)24(31)29-20-10-8-19(27)9-11-20/h2-14H,15H2,1H3,(H,29,31). The van der Waals surface area contributed by atoms with E-state index in [9.17, 15) is 9.18 Å². The van der Waals surface area contributed by atoms with Crippen LogP contribution in [0.1, 0.15) is 21.6 Å². The molecule has 0 aliphatic carbocycles. The Bertz CT molecular complexity index is 1270. The molecule has 3 aromatic carbocycles. The van der Waals surface area contributed by atoms with Crippen molar-refractivity contribution in [2.24, 2.45) is 0 Å². The Balaban J connectivity index is 1.60. The Labute approximate surface area is 205 Å². The summed E-state index contributed by atoms with van der Waals surface area (Å²) in [5.41, 5.74) is 3.11. The van der Waals surface area contributed by atoms with Gasteiger partial charge >= 0.3 is 0 Å². The summed E-state index contributed by atoms with van der Waals surface area (Å²) in [6.45, 7) is 2.06. The summed E-state index contributed by atoms with van der Waals surface area (Å²) in [6, 6.07) is 21.0. The molecule has 0 unspecified atom stereocenters. The van der Waals surface area contributed by atoms with Crippen molar-refractivity contribution < 1.29 is 9.18 Å². The van der Waals surface area contributed by atoms with Gasteiger partial charge < -0.3 is 5.32 Å². The van der Waals surface area contributed by atoms with Crippen LogP contribution in [0.5, 0.6) is 0 Å². The average Bonchev–Trinajstić information content (AvgIpc) is 2.82. The molecule has 0 saturated carbocycles. The molecular weight excluding hydrogens is 477 g/mol. The maximum Gasteiger partial charge on any atom is 0.275 e. The number of halogens is 2. The maximum atomic E-state index is 13.2. The number of rotatable bonds is 7. The molecule has 0 saturated heterocycles. The van der Waals surface area contributed by atoms with Gasteiger partial charge in [-0.3, -0.25) is 4.79 Å². The van der Waals surface area contributed by atoms with Gasteiger partial charge in [0.05, 0.1) is 4.90 Å². The van der Waals surface area contributed by atoms with Crippen LogP contribution in [0, 0.1) is 12.7 Å². The van der Waals surface area contributed by atoms with Gasteiger partial charge in [0.2, 0.25) is 0 Å². The van der Waals surface area contributed by atoms with Crippen molar-refractivity contribution in [3.8, 4) is 0 Å². The van der Waals surface area contributed by atoms with Gasteiger partial charge in [-0.2, -0.15) is 0 Å². The second-order valence-electron chi connectivity index (χ2n) is 7.10. The van der Waals surface area contributed by atoms with E-state index in [0.717, 1.165) is 4.90 Å². The van der Waals surface area contributed by atoms with Gasteiger partial charge in [0.15, 0.2) is 5.16 Å². The van der Waals surface area contributed by atoms with Gasteiger partial charge in [0.1, 0.15) is 11.5 Å². The highest BCUT2D eigenvalue weighted by Gasteiger charge is 2.17. The number of nitrogens with one attached hydrogen (secondary N) is 1. The SMILES string of the molecule is Cc1ccccc1CSc1ncc(Sc2ccc(Cl)cc2)c(C(=O)Nc2ccc(F)cc2)n1. The lowest BCUT2D eigenvalue weighted by Gasteiger charge is -2.11. The summed E-state index contributed by atoms with van der Waals surface area (Å²) < 4.78 is 13.2. The zero-order chi connectivity index (χ0) is 23.2. The van der Waals surface area contributed by atoms with Gasteiger partial charge in [0.25, 0.3) is 5.91 Å². The topological polar surface area (TPSA) is 54.9 Å². The van der Waals surface area contributed by atoms with Crippen LogP contribution >= 0.6 is 35.1 Å². The fourth-order valence-corrected chi connectivity index (χ4v) is 4.81. The Morgan fingerprint density at radius 2 is 1.76 bits per heavy atom. The van der Waals surface area contributed by atoms with Crippen molar-refractivity contribution in [2.75, 3.05) is 5.32 Å². The summed E-state index contributed by atoms with van der Waals surface area (Å²) in [4.78, 5) is 23.7. The van der Waals surface area contributed by atoms with Crippen LogP contribution < -0.4 is 5.32 Å². The Morgan fingerprint density at radius 3 is 2.48 bits per heavy atom. The highest BCUT2D eigenvalue weighted by atomic mass is 35.5. The maximum absolute atomic E-state index is 13.2. The molecule has 0 fully saturated rings. The van der Waals surface area contributed by atoms with Crippen molar-refractivity contribution in [2.45, 2.75) is 27.6 Å². The number of thioether (sulfide) groups is 1. The van der Waals surface area contributed by atoms with E-state index in [1.165, 1.54) is 58.9 Å². The molecule has 0 bridgehead atoms. The first-order valence-corrected chi connectivity index (χ1v) is 12.2. The van der Waals surface area contributed by atoms with Gasteiger partial charge in [-0.25, -0.2) is 14.4 Å². The number of amides is 1. The Kier molecular flexibility index (Phi) is 7.65. The first-order valence-electron chi connectivity index (χ1n) is 10.0. The van der Waals surface area contributed by atoms with E-state index in [0.29, 0.717) is 26.5 Å². The molecule has 4 rings (SSSR count). The molecule has 0 spiro atoms. The third kappa shape index (κ3) is 6.35.